The molecule has 0 bridgehead atoms. The van der Waals surface area contributed by atoms with Gasteiger partial charge in [0.25, 0.3) is 0 Å². The summed E-state index contributed by atoms with van der Waals surface area (Å²) in [6.45, 7) is 0. The number of hydrogen-bond acceptors (Lipinski definition) is 2. The maximum atomic E-state index is 13.4. The van der Waals surface area contributed by atoms with Crippen molar-refractivity contribution in [3.8, 4) is 0 Å². The lowest BCUT2D eigenvalue weighted by Crippen LogP contribution is -2.38. The normalized spacial score (nSPS) is 20.8. The van der Waals surface area contributed by atoms with Gasteiger partial charge in [0.2, 0.25) is 0 Å². The minimum absolute atomic E-state index is 0.0478. The van der Waals surface area contributed by atoms with E-state index in [1.807, 2.05) is 12.1 Å². The molecule has 1 aliphatic heterocycles. The molecule has 1 heterocycles. The van der Waals surface area contributed by atoms with E-state index in [2.05, 4.69) is 22.2 Å². The van der Waals surface area contributed by atoms with Crippen LogP contribution in [-0.2, 0) is 0 Å². The molecule has 1 atom stereocenters. The average molecular weight is 391 g/mol. The van der Waals surface area contributed by atoms with Crippen molar-refractivity contribution < 1.29 is 4.39 Å². The molecule has 136 valence electrons. The first-order chi connectivity index (χ1) is 12.6. The van der Waals surface area contributed by atoms with Gasteiger partial charge in [0.1, 0.15) is 12.0 Å². The SMILES string of the molecule is Fc1ccc(N2C=CN(C3CCCCC3)C2c2ccc(Cl)cc2Cl)cc1. The molecule has 2 nitrogen and oxygen atoms in total. The summed E-state index contributed by atoms with van der Waals surface area (Å²) >= 11 is 12.7. The molecule has 0 spiro atoms. The molecule has 0 amide bonds. The molecule has 2 aromatic rings. The van der Waals surface area contributed by atoms with Crippen molar-refractivity contribution in [1.82, 2.24) is 4.90 Å². The van der Waals surface area contributed by atoms with Crippen LogP contribution in [0, 0.1) is 5.82 Å². The van der Waals surface area contributed by atoms with Crippen molar-refractivity contribution >= 4 is 28.9 Å². The molecular weight excluding hydrogens is 370 g/mol. The molecule has 5 heteroatoms. The summed E-state index contributed by atoms with van der Waals surface area (Å²) in [7, 11) is 0. The van der Waals surface area contributed by atoms with Crippen molar-refractivity contribution in [3.63, 3.8) is 0 Å². The van der Waals surface area contributed by atoms with Crippen LogP contribution in [0.4, 0.5) is 10.1 Å². The van der Waals surface area contributed by atoms with E-state index in [0.717, 1.165) is 11.3 Å². The standard InChI is InChI=1S/C21H21Cl2FN2/c22-15-6-11-19(20(23)14-15)21-25(17-4-2-1-3-5-17)12-13-26(21)18-9-7-16(24)8-10-18/h6-14,17,21H,1-5H2. The highest BCUT2D eigenvalue weighted by molar-refractivity contribution is 6.35. The highest BCUT2D eigenvalue weighted by Gasteiger charge is 2.35. The van der Waals surface area contributed by atoms with Crippen molar-refractivity contribution in [2.45, 2.75) is 44.3 Å². The van der Waals surface area contributed by atoms with E-state index < -0.39 is 0 Å². The van der Waals surface area contributed by atoms with Gasteiger partial charge in [-0.2, -0.15) is 0 Å². The Labute approximate surface area is 163 Å². The molecule has 1 aliphatic carbocycles. The molecule has 0 aromatic heterocycles. The Morgan fingerprint density at radius 1 is 0.885 bits per heavy atom. The molecule has 2 aliphatic rings. The molecule has 1 saturated carbocycles. The summed E-state index contributed by atoms with van der Waals surface area (Å²) < 4.78 is 13.4. The maximum Gasteiger partial charge on any atom is 0.133 e. The highest BCUT2D eigenvalue weighted by atomic mass is 35.5. The van der Waals surface area contributed by atoms with Crippen LogP contribution in [0.5, 0.6) is 0 Å². The quantitative estimate of drug-likeness (QED) is 0.571. The third kappa shape index (κ3) is 3.43. The molecule has 1 unspecified atom stereocenters. The molecule has 0 radical (unpaired) electrons. The predicted octanol–water partition coefficient (Wildman–Crippen LogP) is 6.76. The largest absolute Gasteiger partial charge is 0.349 e. The van der Waals surface area contributed by atoms with Crippen LogP contribution in [0.15, 0.2) is 54.9 Å². The third-order valence-corrected chi connectivity index (χ3v) is 5.87. The average Bonchev–Trinajstić information content (AvgIpc) is 3.08. The maximum absolute atomic E-state index is 13.4. The summed E-state index contributed by atoms with van der Waals surface area (Å²) in [5.74, 6) is -0.234. The van der Waals surface area contributed by atoms with Gasteiger partial charge in [0.05, 0.1) is 0 Å². The summed E-state index contributed by atoms with van der Waals surface area (Å²) in [6, 6.07) is 12.8. The number of halogens is 3. The molecule has 4 rings (SSSR count). The van der Waals surface area contributed by atoms with Gasteiger partial charge in [0, 0.05) is 39.7 Å². The fourth-order valence-electron chi connectivity index (χ4n) is 4.02. The Kier molecular flexibility index (Phi) is 5.10. The zero-order valence-electron chi connectivity index (χ0n) is 14.4. The van der Waals surface area contributed by atoms with Crippen molar-refractivity contribution in [3.05, 3.63) is 76.3 Å². The Balaban J connectivity index is 1.73. The van der Waals surface area contributed by atoms with E-state index in [1.54, 1.807) is 18.2 Å². The van der Waals surface area contributed by atoms with Gasteiger partial charge in [-0.25, -0.2) is 4.39 Å². The van der Waals surface area contributed by atoms with Gasteiger partial charge in [-0.15, -0.1) is 0 Å². The van der Waals surface area contributed by atoms with Gasteiger partial charge in [-0.05, 0) is 49.2 Å². The second-order valence-electron chi connectivity index (χ2n) is 6.96. The van der Waals surface area contributed by atoms with Crippen LogP contribution < -0.4 is 4.90 Å². The molecule has 0 N–H and O–H groups in total. The minimum Gasteiger partial charge on any atom is -0.349 e. The second-order valence-corrected chi connectivity index (χ2v) is 7.80. The molecule has 2 aromatic carbocycles. The summed E-state index contributed by atoms with van der Waals surface area (Å²) in [6.07, 6.45) is 10.4. The van der Waals surface area contributed by atoms with Gasteiger partial charge in [-0.1, -0.05) is 48.5 Å². The molecular formula is C21H21Cl2FN2. The fraction of sp³-hybridized carbons (Fsp3) is 0.333. The number of benzene rings is 2. The summed E-state index contributed by atoms with van der Waals surface area (Å²) in [5, 5.41) is 1.28. The summed E-state index contributed by atoms with van der Waals surface area (Å²) in [4.78, 5) is 4.56. The highest BCUT2D eigenvalue weighted by Crippen LogP contribution is 2.42. The zero-order valence-corrected chi connectivity index (χ0v) is 15.9. The number of hydrogen-bond donors (Lipinski definition) is 0. The summed E-state index contributed by atoms with van der Waals surface area (Å²) in [5.41, 5.74) is 1.95. The van der Waals surface area contributed by atoms with Crippen LogP contribution in [0.3, 0.4) is 0 Å². The monoisotopic (exact) mass is 390 g/mol. The Bertz CT molecular complexity index is 800. The third-order valence-electron chi connectivity index (χ3n) is 5.31. The Morgan fingerprint density at radius 3 is 2.31 bits per heavy atom. The van der Waals surface area contributed by atoms with Gasteiger partial charge >= 0.3 is 0 Å². The van der Waals surface area contributed by atoms with E-state index in [1.165, 1.54) is 44.2 Å². The van der Waals surface area contributed by atoms with E-state index in [4.69, 9.17) is 23.2 Å². The van der Waals surface area contributed by atoms with Crippen LogP contribution in [0.25, 0.3) is 0 Å². The lowest BCUT2D eigenvalue weighted by atomic mass is 9.93. The van der Waals surface area contributed by atoms with Crippen molar-refractivity contribution in [2.75, 3.05) is 4.90 Å². The first-order valence-corrected chi connectivity index (χ1v) is 9.84. The number of anilines is 1. The van der Waals surface area contributed by atoms with Crippen LogP contribution in [-0.4, -0.2) is 10.9 Å². The van der Waals surface area contributed by atoms with E-state index >= 15 is 0 Å². The van der Waals surface area contributed by atoms with E-state index in [9.17, 15) is 4.39 Å². The van der Waals surface area contributed by atoms with Gasteiger partial charge in [0.15, 0.2) is 0 Å². The van der Waals surface area contributed by atoms with Crippen LogP contribution >= 0.6 is 23.2 Å². The van der Waals surface area contributed by atoms with Gasteiger partial charge < -0.3 is 9.80 Å². The lowest BCUT2D eigenvalue weighted by molar-refractivity contribution is 0.179. The van der Waals surface area contributed by atoms with Gasteiger partial charge in [-0.3, -0.25) is 0 Å². The Hall–Kier alpha value is -1.71. The lowest BCUT2D eigenvalue weighted by Gasteiger charge is -2.40. The zero-order chi connectivity index (χ0) is 18.1. The Morgan fingerprint density at radius 2 is 1.62 bits per heavy atom. The molecule has 1 fully saturated rings. The first-order valence-electron chi connectivity index (χ1n) is 9.08. The van der Waals surface area contributed by atoms with Crippen molar-refractivity contribution in [1.29, 1.82) is 0 Å². The predicted molar refractivity (Wildman–Crippen MR) is 106 cm³/mol. The van der Waals surface area contributed by atoms with Crippen LogP contribution in [0.2, 0.25) is 10.0 Å². The topological polar surface area (TPSA) is 6.48 Å². The number of nitrogens with zero attached hydrogens (tertiary/aromatic N) is 2. The second kappa shape index (κ2) is 7.50. The molecule has 26 heavy (non-hydrogen) atoms. The van der Waals surface area contributed by atoms with Crippen LogP contribution in [0.1, 0.15) is 43.8 Å². The van der Waals surface area contributed by atoms with E-state index in [0.29, 0.717) is 16.1 Å². The fourth-order valence-corrected chi connectivity index (χ4v) is 4.52. The van der Waals surface area contributed by atoms with E-state index in [-0.39, 0.29) is 12.0 Å². The smallest absolute Gasteiger partial charge is 0.133 e. The molecule has 0 saturated heterocycles. The van der Waals surface area contributed by atoms with Crippen molar-refractivity contribution in [2.24, 2.45) is 0 Å². The number of rotatable bonds is 3. The first kappa shape index (κ1) is 17.7. The minimum atomic E-state index is -0.234.